The molecule has 1 atom stereocenters. The fourth-order valence-electron chi connectivity index (χ4n) is 2.74. The number of carbonyl (C=O) groups is 2. The Bertz CT molecular complexity index is 584. The number of carboxylic acids is 1. The van der Waals surface area contributed by atoms with Crippen LogP contribution in [0, 0.1) is 5.92 Å². The third-order valence-electron chi connectivity index (χ3n) is 4.03. The number of aliphatic carboxylic acids is 1. The van der Waals surface area contributed by atoms with Crippen LogP contribution >= 0.6 is 15.9 Å². The maximum absolute atomic E-state index is 13.2. The van der Waals surface area contributed by atoms with E-state index in [2.05, 4.69) is 21.2 Å². The van der Waals surface area contributed by atoms with Gasteiger partial charge in [0.2, 0.25) is 11.8 Å². The van der Waals surface area contributed by atoms with Gasteiger partial charge in [0.15, 0.2) is 0 Å². The lowest BCUT2D eigenvalue weighted by atomic mass is 9.86. The number of carbonyl (C=O) groups excluding carboxylic acids is 1. The van der Waals surface area contributed by atoms with Gasteiger partial charge in [0.05, 0.1) is 12.5 Å². The van der Waals surface area contributed by atoms with E-state index in [1.807, 2.05) is 0 Å². The number of hydrogen-bond donors (Lipinski definition) is 2. The van der Waals surface area contributed by atoms with E-state index in [0.717, 1.165) is 4.47 Å². The standard InChI is InChI=1S/C16H18BrF2NO3/c17-12-3-1-2-11(8-12)13(9-14(21)22)20-15(23)10-4-6-16(18,19)7-5-10/h1-3,8,10,13H,4-7,9H2,(H,20,23)(H,21,22)/t13-/m1/s1. The molecule has 0 unspecified atom stereocenters. The van der Waals surface area contributed by atoms with Gasteiger partial charge in [-0.1, -0.05) is 28.1 Å². The van der Waals surface area contributed by atoms with E-state index in [0.29, 0.717) is 5.56 Å². The molecule has 0 saturated heterocycles. The van der Waals surface area contributed by atoms with Gasteiger partial charge in [0.1, 0.15) is 0 Å². The fourth-order valence-corrected chi connectivity index (χ4v) is 3.16. The average molecular weight is 390 g/mol. The topological polar surface area (TPSA) is 66.4 Å². The van der Waals surface area contributed by atoms with E-state index in [1.54, 1.807) is 24.3 Å². The van der Waals surface area contributed by atoms with Crippen molar-refractivity contribution in [3.8, 4) is 0 Å². The summed E-state index contributed by atoms with van der Waals surface area (Å²) in [6.45, 7) is 0. The first-order valence-corrected chi connectivity index (χ1v) is 8.21. The number of nitrogens with one attached hydrogen (secondary N) is 1. The number of amides is 1. The molecule has 1 aromatic carbocycles. The molecule has 0 aliphatic heterocycles. The lowest BCUT2D eigenvalue weighted by Crippen LogP contribution is -2.38. The van der Waals surface area contributed by atoms with Gasteiger partial charge in [-0.05, 0) is 30.5 Å². The quantitative estimate of drug-likeness (QED) is 0.802. The predicted octanol–water partition coefficient (Wildman–Crippen LogP) is 3.91. The van der Waals surface area contributed by atoms with Crippen molar-refractivity contribution in [2.75, 3.05) is 0 Å². The number of carboxylic acid groups (broad SMARTS) is 1. The Morgan fingerprint density at radius 1 is 1.35 bits per heavy atom. The molecule has 1 fully saturated rings. The Kier molecular flexibility index (Phi) is 5.73. The van der Waals surface area contributed by atoms with Crippen LogP contribution in [0.2, 0.25) is 0 Å². The lowest BCUT2D eigenvalue weighted by molar-refractivity contribution is -0.138. The van der Waals surface area contributed by atoms with Crippen molar-refractivity contribution in [1.29, 1.82) is 0 Å². The molecule has 1 aliphatic carbocycles. The van der Waals surface area contributed by atoms with Crippen molar-refractivity contribution < 1.29 is 23.5 Å². The minimum atomic E-state index is -2.69. The van der Waals surface area contributed by atoms with Crippen LogP contribution in [-0.4, -0.2) is 22.9 Å². The van der Waals surface area contributed by atoms with E-state index in [9.17, 15) is 18.4 Å². The summed E-state index contributed by atoms with van der Waals surface area (Å²) in [4.78, 5) is 23.3. The molecule has 2 rings (SSSR count). The second-order valence-electron chi connectivity index (χ2n) is 5.84. The number of hydrogen-bond acceptors (Lipinski definition) is 2. The summed E-state index contributed by atoms with van der Waals surface area (Å²) in [5.74, 6) is -4.57. The van der Waals surface area contributed by atoms with E-state index < -0.39 is 23.9 Å². The second-order valence-corrected chi connectivity index (χ2v) is 6.76. The molecule has 7 heteroatoms. The van der Waals surface area contributed by atoms with Crippen LogP contribution in [0.1, 0.15) is 43.7 Å². The van der Waals surface area contributed by atoms with E-state index in [-0.39, 0.29) is 38.0 Å². The van der Waals surface area contributed by atoms with Crippen LogP contribution in [-0.2, 0) is 9.59 Å². The Hall–Kier alpha value is -1.50. The van der Waals surface area contributed by atoms with Crippen LogP contribution in [0.3, 0.4) is 0 Å². The molecule has 1 amide bonds. The van der Waals surface area contributed by atoms with Gasteiger partial charge in [-0.3, -0.25) is 9.59 Å². The van der Waals surface area contributed by atoms with E-state index >= 15 is 0 Å². The number of alkyl halides is 2. The summed E-state index contributed by atoms with van der Waals surface area (Å²) < 4.78 is 27.1. The fraction of sp³-hybridized carbons (Fsp3) is 0.500. The van der Waals surface area contributed by atoms with Gasteiger partial charge in [0.25, 0.3) is 0 Å². The SMILES string of the molecule is O=C(O)C[C@@H](NC(=O)C1CCC(F)(F)CC1)c1cccc(Br)c1. The molecule has 0 heterocycles. The highest BCUT2D eigenvalue weighted by Crippen LogP contribution is 2.36. The molecule has 0 spiro atoms. The van der Waals surface area contributed by atoms with Crippen molar-refractivity contribution >= 4 is 27.8 Å². The molecule has 126 valence electrons. The molecule has 4 nitrogen and oxygen atoms in total. The van der Waals surface area contributed by atoms with Crippen LogP contribution in [0.25, 0.3) is 0 Å². The Labute approximate surface area is 141 Å². The molecule has 1 saturated carbocycles. The zero-order valence-electron chi connectivity index (χ0n) is 12.4. The van der Waals surface area contributed by atoms with Crippen LogP contribution in [0.4, 0.5) is 8.78 Å². The van der Waals surface area contributed by atoms with Gasteiger partial charge < -0.3 is 10.4 Å². The smallest absolute Gasteiger partial charge is 0.305 e. The monoisotopic (exact) mass is 389 g/mol. The van der Waals surface area contributed by atoms with Gasteiger partial charge in [0, 0.05) is 23.2 Å². The van der Waals surface area contributed by atoms with Gasteiger partial charge in [-0.2, -0.15) is 0 Å². The minimum absolute atomic E-state index is 0.122. The first-order chi connectivity index (χ1) is 10.8. The molecule has 2 N–H and O–H groups in total. The molecular weight excluding hydrogens is 372 g/mol. The molecule has 0 bridgehead atoms. The third kappa shape index (κ3) is 5.27. The summed E-state index contributed by atoms with van der Waals surface area (Å²) >= 11 is 3.31. The van der Waals surface area contributed by atoms with E-state index in [1.165, 1.54) is 0 Å². The van der Waals surface area contributed by atoms with Gasteiger partial charge in [-0.25, -0.2) is 8.78 Å². The number of halogens is 3. The lowest BCUT2D eigenvalue weighted by Gasteiger charge is -2.29. The minimum Gasteiger partial charge on any atom is -0.481 e. The Morgan fingerprint density at radius 3 is 2.57 bits per heavy atom. The van der Waals surface area contributed by atoms with Crippen LogP contribution in [0.5, 0.6) is 0 Å². The Balaban J connectivity index is 2.06. The zero-order chi connectivity index (χ0) is 17.0. The predicted molar refractivity (Wildman–Crippen MR) is 84.2 cm³/mol. The number of rotatable bonds is 5. The summed E-state index contributed by atoms with van der Waals surface area (Å²) in [5.41, 5.74) is 0.663. The average Bonchev–Trinajstić information content (AvgIpc) is 2.46. The van der Waals surface area contributed by atoms with Crippen molar-refractivity contribution in [3.05, 3.63) is 34.3 Å². The number of benzene rings is 1. The maximum Gasteiger partial charge on any atom is 0.305 e. The molecule has 23 heavy (non-hydrogen) atoms. The normalized spacial score (nSPS) is 19.1. The van der Waals surface area contributed by atoms with Crippen molar-refractivity contribution in [1.82, 2.24) is 5.32 Å². The molecule has 0 aromatic heterocycles. The largest absolute Gasteiger partial charge is 0.481 e. The van der Waals surface area contributed by atoms with Crippen LogP contribution in [0.15, 0.2) is 28.7 Å². The third-order valence-corrected chi connectivity index (χ3v) is 4.53. The summed E-state index contributed by atoms with van der Waals surface area (Å²) in [6.07, 6.45) is -0.615. The summed E-state index contributed by atoms with van der Waals surface area (Å²) in [6, 6.07) is 6.34. The van der Waals surface area contributed by atoms with Gasteiger partial charge >= 0.3 is 5.97 Å². The summed E-state index contributed by atoms with van der Waals surface area (Å²) in [7, 11) is 0. The van der Waals surface area contributed by atoms with Gasteiger partial charge in [-0.15, -0.1) is 0 Å². The Morgan fingerprint density at radius 2 is 2.00 bits per heavy atom. The molecular formula is C16H18BrF2NO3. The van der Waals surface area contributed by atoms with Crippen molar-refractivity contribution in [2.45, 2.75) is 44.1 Å². The first-order valence-electron chi connectivity index (χ1n) is 7.42. The zero-order valence-corrected chi connectivity index (χ0v) is 14.0. The maximum atomic E-state index is 13.2. The molecule has 1 aliphatic rings. The van der Waals surface area contributed by atoms with Crippen molar-refractivity contribution in [2.24, 2.45) is 5.92 Å². The molecule has 1 aromatic rings. The van der Waals surface area contributed by atoms with Crippen molar-refractivity contribution in [3.63, 3.8) is 0 Å². The van der Waals surface area contributed by atoms with Crippen LogP contribution < -0.4 is 5.32 Å². The molecule has 0 radical (unpaired) electrons. The highest BCUT2D eigenvalue weighted by Gasteiger charge is 2.37. The highest BCUT2D eigenvalue weighted by atomic mass is 79.9. The highest BCUT2D eigenvalue weighted by molar-refractivity contribution is 9.10. The first kappa shape index (κ1) is 17.8. The second kappa shape index (κ2) is 7.38. The van der Waals surface area contributed by atoms with E-state index in [4.69, 9.17) is 5.11 Å². The summed E-state index contributed by atoms with van der Waals surface area (Å²) in [5, 5.41) is 11.7.